The van der Waals surface area contributed by atoms with E-state index in [0.717, 1.165) is 24.1 Å². The molecule has 20 heavy (non-hydrogen) atoms. The van der Waals surface area contributed by atoms with E-state index in [0.29, 0.717) is 6.54 Å². The standard InChI is InChI=1S/C17H20FNO/c1-19(12-11-14-7-9-16(18)10-8-14)13-17(20)15-5-3-2-4-6-15/h2-10,17,20H,11-13H2,1H3. The van der Waals surface area contributed by atoms with Gasteiger partial charge in [0.1, 0.15) is 5.82 Å². The van der Waals surface area contributed by atoms with Crippen LogP contribution in [0.5, 0.6) is 0 Å². The summed E-state index contributed by atoms with van der Waals surface area (Å²) in [6, 6.07) is 16.2. The molecule has 1 unspecified atom stereocenters. The zero-order chi connectivity index (χ0) is 14.4. The lowest BCUT2D eigenvalue weighted by atomic mass is 10.1. The SMILES string of the molecule is CN(CCc1ccc(F)cc1)CC(O)c1ccccc1. The second-order valence-corrected chi connectivity index (χ2v) is 5.07. The van der Waals surface area contributed by atoms with Gasteiger partial charge in [0.15, 0.2) is 0 Å². The van der Waals surface area contributed by atoms with Gasteiger partial charge >= 0.3 is 0 Å². The van der Waals surface area contributed by atoms with Crippen LogP contribution < -0.4 is 0 Å². The number of nitrogens with zero attached hydrogens (tertiary/aromatic N) is 1. The van der Waals surface area contributed by atoms with E-state index in [9.17, 15) is 9.50 Å². The van der Waals surface area contributed by atoms with Gasteiger partial charge in [-0.2, -0.15) is 0 Å². The summed E-state index contributed by atoms with van der Waals surface area (Å²) >= 11 is 0. The number of aliphatic hydroxyl groups is 1. The average molecular weight is 273 g/mol. The Balaban J connectivity index is 1.80. The first-order chi connectivity index (χ1) is 9.65. The summed E-state index contributed by atoms with van der Waals surface area (Å²) in [5.41, 5.74) is 2.04. The van der Waals surface area contributed by atoms with Crippen molar-refractivity contribution in [2.45, 2.75) is 12.5 Å². The quantitative estimate of drug-likeness (QED) is 0.874. The van der Waals surface area contributed by atoms with E-state index >= 15 is 0 Å². The number of halogens is 1. The van der Waals surface area contributed by atoms with Crippen molar-refractivity contribution in [1.82, 2.24) is 4.90 Å². The monoisotopic (exact) mass is 273 g/mol. The highest BCUT2D eigenvalue weighted by molar-refractivity contribution is 5.18. The number of benzene rings is 2. The van der Waals surface area contributed by atoms with Gasteiger partial charge in [0.05, 0.1) is 6.10 Å². The molecule has 2 nitrogen and oxygen atoms in total. The fourth-order valence-electron chi connectivity index (χ4n) is 2.14. The zero-order valence-corrected chi connectivity index (χ0v) is 11.7. The Morgan fingerprint density at radius 3 is 2.35 bits per heavy atom. The maximum atomic E-state index is 12.8. The molecule has 0 fully saturated rings. The van der Waals surface area contributed by atoms with Crippen LogP contribution in [-0.2, 0) is 6.42 Å². The van der Waals surface area contributed by atoms with Crippen LogP contribution in [0.15, 0.2) is 54.6 Å². The van der Waals surface area contributed by atoms with Crippen molar-refractivity contribution < 1.29 is 9.50 Å². The normalized spacial score (nSPS) is 12.6. The van der Waals surface area contributed by atoms with Crippen molar-refractivity contribution >= 4 is 0 Å². The van der Waals surface area contributed by atoms with Crippen LogP contribution in [-0.4, -0.2) is 30.1 Å². The minimum Gasteiger partial charge on any atom is -0.387 e. The average Bonchev–Trinajstić information content (AvgIpc) is 2.47. The molecule has 0 aliphatic heterocycles. The van der Waals surface area contributed by atoms with Gasteiger partial charge in [-0.25, -0.2) is 4.39 Å². The summed E-state index contributed by atoms with van der Waals surface area (Å²) in [5, 5.41) is 10.1. The van der Waals surface area contributed by atoms with Crippen molar-refractivity contribution in [2.24, 2.45) is 0 Å². The molecule has 0 radical (unpaired) electrons. The third kappa shape index (κ3) is 4.44. The summed E-state index contributed by atoms with van der Waals surface area (Å²) in [6.07, 6.45) is 0.368. The van der Waals surface area contributed by atoms with E-state index in [1.807, 2.05) is 37.4 Å². The first-order valence-electron chi connectivity index (χ1n) is 6.81. The number of rotatable bonds is 6. The van der Waals surface area contributed by atoms with Crippen LogP contribution in [0, 0.1) is 5.82 Å². The van der Waals surface area contributed by atoms with Crippen LogP contribution in [0.1, 0.15) is 17.2 Å². The van der Waals surface area contributed by atoms with E-state index in [4.69, 9.17) is 0 Å². The van der Waals surface area contributed by atoms with Crippen molar-refractivity contribution in [1.29, 1.82) is 0 Å². The van der Waals surface area contributed by atoms with Crippen molar-refractivity contribution in [3.8, 4) is 0 Å². The maximum Gasteiger partial charge on any atom is 0.123 e. The summed E-state index contributed by atoms with van der Waals surface area (Å²) in [4.78, 5) is 2.08. The fourth-order valence-corrected chi connectivity index (χ4v) is 2.14. The minimum atomic E-state index is -0.477. The molecule has 0 heterocycles. The highest BCUT2D eigenvalue weighted by Crippen LogP contribution is 2.13. The maximum absolute atomic E-state index is 12.8. The third-order valence-corrected chi connectivity index (χ3v) is 3.36. The van der Waals surface area contributed by atoms with Gasteiger partial charge in [0.25, 0.3) is 0 Å². The van der Waals surface area contributed by atoms with Gasteiger partial charge in [0, 0.05) is 13.1 Å². The Kier molecular flexibility index (Phi) is 5.27. The molecular formula is C17H20FNO. The fraction of sp³-hybridized carbons (Fsp3) is 0.294. The second kappa shape index (κ2) is 7.17. The van der Waals surface area contributed by atoms with E-state index in [2.05, 4.69) is 4.90 Å². The molecular weight excluding hydrogens is 253 g/mol. The molecule has 3 heteroatoms. The molecule has 106 valence electrons. The Hall–Kier alpha value is -1.71. The van der Waals surface area contributed by atoms with Crippen LogP contribution in [0.3, 0.4) is 0 Å². The molecule has 2 rings (SSSR count). The molecule has 1 N–H and O–H groups in total. The third-order valence-electron chi connectivity index (χ3n) is 3.36. The topological polar surface area (TPSA) is 23.5 Å². The molecule has 1 atom stereocenters. The van der Waals surface area contributed by atoms with Crippen LogP contribution in [0.25, 0.3) is 0 Å². The predicted molar refractivity (Wildman–Crippen MR) is 79.0 cm³/mol. The van der Waals surface area contributed by atoms with Crippen molar-refractivity contribution in [3.63, 3.8) is 0 Å². The zero-order valence-electron chi connectivity index (χ0n) is 11.7. The summed E-state index contributed by atoms with van der Waals surface area (Å²) in [7, 11) is 1.98. The molecule has 0 aliphatic rings. The molecule has 0 aliphatic carbocycles. The molecule has 0 spiro atoms. The Morgan fingerprint density at radius 1 is 1.05 bits per heavy atom. The van der Waals surface area contributed by atoms with Gasteiger partial charge in [0.2, 0.25) is 0 Å². The Morgan fingerprint density at radius 2 is 1.70 bits per heavy atom. The molecule has 0 bridgehead atoms. The lowest BCUT2D eigenvalue weighted by Crippen LogP contribution is -2.26. The van der Waals surface area contributed by atoms with Crippen molar-refractivity contribution in [2.75, 3.05) is 20.1 Å². The van der Waals surface area contributed by atoms with E-state index in [1.54, 1.807) is 12.1 Å². The number of hydrogen-bond donors (Lipinski definition) is 1. The van der Waals surface area contributed by atoms with Crippen molar-refractivity contribution in [3.05, 3.63) is 71.5 Å². The lowest BCUT2D eigenvalue weighted by molar-refractivity contribution is 0.127. The number of aliphatic hydroxyl groups excluding tert-OH is 1. The summed E-state index contributed by atoms with van der Waals surface area (Å²) in [5.74, 6) is -0.207. The molecule has 0 saturated carbocycles. The first-order valence-corrected chi connectivity index (χ1v) is 6.81. The number of likely N-dealkylation sites (N-methyl/N-ethyl adjacent to an activating group) is 1. The van der Waals surface area contributed by atoms with Gasteiger partial charge in [-0.15, -0.1) is 0 Å². The second-order valence-electron chi connectivity index (χ2n) is 5.07. The smallest absolute Gasteiger partial charge is 0.123 e. The largest absolute Gasteiger partial charge is 0.387 e. The van der Waals surface area contributed by atoms with Gasteiger partial charge in [-0.1, -0.05) is 42.5 Å². The highest BCUT2D eigenvalue weighted by Gasteiger charge is 2.10. The van der Waals surface area contributed by atoms with E-state index in [-0.39, 0.29) is 5.82 Å². The van der Waals surface area contributed by atoms with Crippen LogP contribution in [0.2, 0.25) is 0 Å². The molecule has 2 aromatic rings. The summed E-state index contributed by atoms with van der Waals surface area (Å²) in [6.45, 7) is 1.42. The van der Waals surface area contributed by atoms with Gasteiger partial charge in [-0.3, -0.25) is 0 Å². The van der Waals surface area contributed by atoms with Gasteiger partial charge in [-0.05, 0) is 36.7 Å². The molecule has 0 saturated heterocycles. The first kappa shape index (κ1) is 14.7. The van der Waals surface area contributed by atoms with E-state index < -0.39 is 6.10 Å². The van der Waals surface area contributed by atoms with E-state index in [1.165, 1.54) is 12.1 Å². The van der Waals surface area contributed by atoms with Crippen LogP contribution in [0.4, 0.5) is 4.39 Å². The number of hydrogen-bond acceptors (Lipinski definition) is 2. The Labute approximate surface area is 119 Å². The molecule has 0 amide bonds. The minimum absolute atomic E-state index is 0.207. The van der Waals surface area contributed by atoms with Gasteiger partial charge < -0.3 is 10.0 Å². The lowest BCUT2D eigenvalue weighted by Gasteiger charge is -2.20. The summed E-state index contributed by atoms with van der Waals surface area (Å²) < 4.78 is 12.8. The molecule has 0 aromatic heterocycles. The highest BCUT2D eigenvalue weighted by atomic mass is 19.1. The molecule has 2 aromatic carbocycles. The Bertz CT molecular complexity index is 512. The predicted octanol–water partition coefficient (Wildman–Crippen LogP) is 3.03. The van der Waals surface area contributed by atoms with Crippen LogP contribution >= 0.6 is 0 Å².